The van der Waals surface area contributed by atoms with Crippen molar-refractivity contribution in [2.75, 3.05) is 24.6 Å². The molecule has 1 N–H and O–H groups in total. The average molecular weight is 434 g/mol. The third-order valence-electron chi connectivity index (χ3n) is 4.24. The molecule has 0 saturated heterocycles. The van der Waals surface area contributed by atoms with Crippen molar-refractivity contribution in [3.05, 3.63) is 52.8 Å². The van der Waals surface area contributed by atoms with Gasteiger partial charge in [-0.25, -0.2) is 14.2 Å². The van der Waals surface area contributed by atoms with E-state index in [2.05, 4.69) is 10.3 Å². The van der Waals surface area contributed by atoms with Gasteiger partial charge in [-0.15, -0.1) is 11.3 Å². The molecule has 30 heavy (non-hydrogen) atoms. The molecule has 1 aromatic heterocycles. The summed E-state index contributed by atoms with van der Waals surface area (Å²) >= 11 is 1.42. The summed E-state index contributed by atoms with van der Waals surface area (Å²) in [7, 11) is 0. The van der Waals surface area contributed by atoms with E-state index in [1.165, 1.54) is 11.3 Å². The third-order valence-corrected chi connectivity index (χ3v) is 5.04. The Bertz CT molecular complexity index is 938. The van der Waals surface area contributed by atoms with Gasteiger partial charge >= 0.3 is 6.09 Å². The number of anilines is 1. The minimum Gasteiger partial charge on any atom is -0.489 e. The number of aromatic nitrogens is 1. The highest BCUT2D eigenvalue weighted by atomic mass is 32.1. The summed E-state index contributed by atoms with van der Waals surface area (Å²) in [6.45, 7) is 5.72. The third kappa shape index (κ3) is 5.56. The van der Waals surface area contributed by atoms with Crippen molar-refractivity contribution in [3.63, 3.8) is 0 Å². The number of thiazole rings is 1. The summed E-state index contributed by atoms with van der Waals surface area (Å²) in [5.74, 6) is 0.435. The number of carbonyl (C=O) groups is 2. The number of carbonyl (C=O) groups excluding carboxylic acids is 2. The summed E-state index contributed by atoms with van der Waals surface area (Å²) in [5, 5.41) is 5.01. The van der Waals surface area contributed by atoms with Gasteiger partial charge in [0.1, 0.15) is 18.0 Å². The van der Waals surface area contributed by atoms with Crippen LogP contribution in [0.15, 0.2) is 41.7 Å². The Kier molecular flexibility index (Phi) is 6.71. The average Bonchev–Trinajstić information content (AvgIpc) is 3.21. The highest BCUT2D eigenvalue weighted by molar-refractivity contribution is 7.13. The van der Waals surface area contributed by atoms with Gasteiger partial charge in [-0.2, -0.15) is 0 Å². The van der Waals surface area contributed by atoms with Gasteiger partial charge in [0.25, 0.3) is 5.91 Å². The maximum Gasteiger partial charge on any atom is 0.407 e. The number of alkyl carbamates (subject to hydrolysis) is 1. The van der Waals surface area contributed by atoms with E-state index in [9.17, 15) is 14.0 Å². The highest BCUT2D eigenvalue weighted by Crippen LogP contribution is 2.28. The SMILES string of the molecule is CC(C)(C)OC(=O)NCC(=CF)COc1ccc2c(c1)CCN(c1nccs1)C2=O. The molecule has 1 aliphatic rings. The molecule has 3 rings (SSSR count). The molecule has 0 aliphatic carbocycles. The molecule has 0 spiro atoms. The van der Waals surface area contributed by atoms with E-state index in [0.717, 1.165) is 5.56 Å². The summed E-state index contributed by atoms with van der Waals surface area (Å²) in [6.07, 6.45) is 2.13. The standard InChI is InChI=1S/C21H24FN3O4S/c1-21(2,3)29-20(27)24-12-14(11-22)13-28-16-4-5-17-15(10-16)6-8-25(18(17)26)19-23-7-9-30-19/h4-5,7,9-11H,6,8,12-13H2,1-3H3,(H,24,27). The van der Waals surface area contributed by atoms with E-state index >= 15 is 0 Å². The Morgan fingerprint density at radius 2 is 2.20 bits per heavy atom. The molecular formula is C21H24FN3O4S. The number of hydrogen-bond donors (Lipinski definition) is 1. The molecule has 1 aromatic carbocycles. The molecule has 0 radical (unpaired) electrons. The van der Waals surface area contributed by atoms with E-state index in [1.807, 2.05) is 5.38 Å². The quantitative estimate of drug-likeness (QED) is 0.742. The molecule has 1 aliphatic heterocycles. The largest absolute Gasteiger partial charge is 0.489 e. The smallest absolute Gasteiger partial charge is 0.407 e. The molecule has 0 atom stereocenters. The van der Waals surface area contributed by atoms with Crippen molar-refractivity contribution in [1.82, 2.24) is 10.3 Å². The van der Waals surface area contributed by atoms with Gasteiger partial charge in [0.15, 0.2) is 5.13 Å². The zero-order chi connectivity index (χ0) is 21.7. The Morgan fingerprint density at radius 1 is 1.40 bits per heavy atom. The van der Waals surface area contributed by atoms with Crippen LogP contribution in [0.25, 0.3) is 0 Å². The lowest BCUT2D eigenvalue weighted by Crippen LogP contribution is -2.37. The second-order valence-electron chi connectivity index (χ2n) is 7.75. The van der Waals surface area contributed by atoms with Crippen molar-refractivity contribution in [2.24, 2.45) is 0 Å². The van der Waals surface area contributed by atoms with Crippen LogP contribution in [-0.2, 0) is 11.2 Å². The minimum absolute atomic E-state index is 0.0301. The predicted octanol–water partition coefficient (Wildman–Crippen LogP) is 4.10. The number of benzene rings is 1. The summed E-state index contributed by atoms with van der Waals surface area (Å²) in [5.41, 5.74) is 1.11. The van der Waals surface area contributed by atoms with Crippen LogP contribution >= 0.6 is 11.3 Å². The van der Waals surface area contributed by atoms with Crippen molar-refractivity contribution >= 4 is 28.5 Å². The number of nitrogens with one attached hydrogen (secondary N) is 1. The predicted molar refractivity (Wildman–Crippen MR) is 113 cm³/mol. The molecule has 0 unspecified atom stereocenters. The molecule has 9 heteroatoms. The van der Waals surface area contributed by atoms with Gasteiger partial charge in [-0.3, -0.25) is 9.69 Å². The second kappa shape index (κ2) is 9.25. The molecule has 7 nitrogen and oxygen atoms in total. The van der Waals surface area contributed by atoms with Crippen LogP contribution in [0, 0.1) is 0 Å². The van der Waals surface area contributed by atoms with Crippen molar-refractivity contribution in [2.45, 2.75) is 32.8 Å². The van der Waals surface area contributed by atoms with E-state index < -0.39 is 11.7 Å². The number of fused-ring (bicyclic) bond motifs is 1. The van der Waals surface area contributed by atoms with Crippen molar-refractivity contribution < 1.29 is 23.5 Å². The summed E-state index contributed by atoms with van der Waals surface area (Å²) in [4.78, 5) is 30.3. The lowest BCUT2D eigenvalue weighted by atomic mass is 9.99. The summed E-state index contributed by atoms with van der Waals surface area (Å²) < 4.78 is 23.9. The van der Waals surface area contributed by atoms with Gasteiger partial charge in [0.2, 0.25) is 0 Å². The van der Waals surface area contributed by atoms with E-state index in [4.69, 9.17) is 9.47 Å². The Hall–Kier alpha value is -2.94. The normalized spacial score (nSPS) is 14.3. The molecule has 0 fully saturated rings. The molecule has 2 amide bonds. The maximum atomic E-state index is 13.2. The van der Waals surface area contributed by atoms with Gasteiger partial charge in [-0.1, -0.05) is 0 Å². The van der Waals surface area contributed by atoms with E-state index in [-0.39, 0.29) is 24.6 Å². The first-order chi connectivity index (χ1) is 14.3. The Balaban J connectivity index is 1.57. The van der Waals surface area contributed by atoms with Crippen LogP contribution in [0.3, 0.4) is 0 Å². The fourth-order valence-corrected chi connectivity index (χ4v) is 3.55. The first kappa shape index (κ1) is 21.8. The number of halogens is 1. The van der Waals surface area contributed by atoms with Gasteiger partial charge in [0.05, 0.1) is 6.33 Å². The molecule has 0 saturated carbocycles. The number of ether oxygens (including phenoxy) is 2. The van der Waals surface area contributed by atoms with Crippen LogP contribution in [0.4, 0.5) is 14.3 Å². The molecule has 160 valence electrons. The first-order valence-corrected chi connectivity index (χ1v) is 10.4. The van der Waals surface area contributed by atoms with Gasteiger partial charge < -0.3 is 14.8 Å². The number of hydrogen-bond acceptors (Lipinski definition) is 6. The number of amides is 2. The van der Waals surface area contributed by atoms with Crippen LogP contribution in [0.1, 0.15) is 36.7 Å². The van der Waals surface area contributed by atoms with Gasteiger partial charge in [-0.05, 0) is 51.0 Å². The van der Waals surface area contributed by atoms with Crippen LogP contribution in [0.5, 0.6) is 5.75 Å². The summed E-state index contributed by atoms with van der Waals surface area (Å²) in [6, 6.07) is 5.19. The van der Waals surface area contributed by atoms with Crippen LogP contribution in [0.2, 0.25) is 0 Å². The van der Waals surface area contributed by atoms with E-state index in [0.29, 0.717) is 35.7 Å². The van der Waals surface area contributed by atoms with Gasteiger partial charge in [0, 0.05) is 35.8 Å². The molecule has 2 heterocycles. The zero-order valence-corrected chi connectivity index (χ0v) is 17.9. The van der Waals surface area contributed by atoms with Crippen LogP contribution < -0.4 is 15.0 Å². The molecule has 0 bridgehead atoms. The Morgan fingerprint density at radius 3 is 2.87 bits per heavy atom. The van der Waals surface area contributed by atoms with Crippen molar-refractivity contribution in [1.29, 1.82) is 0 Å². The Labute approximate surface area is 178 Å². The van der Waals surface area contributed by atoms with Crippen molar-refractivity contribution in [3.8, 4) is 5.75 Å². The zero-order valence-electron chi connectivity index (χ0n) is 17.1. The fourth-order valence-electron chi connectivity index (χ4n) is 2.88. The minimum atomic E-state index is -0.629. The maximum absolute atomic E-state index is 13.2. The number of nitrogens with zero attached hydrogens (tertiary/aromatic N) is 2. The second-order valence-corrected chi connectivity index (χ2v) is 8.62. The number of rotatable bonds is 6. The monoisotopic (exact) mass is 433 g/mol. The molecule has 2 aromatic rings. The lowest BCUT2D eigenvalue weighted by Gasteiger charge is -2.26. The topological polar surface area (TPSA) is 80.8 Å². The van der Waals surface area contributed by atoms with Crippen LogP contribution in [-0.4, -0.2) is 42.3 Å². The fraction of sp³-hybridized carbons (Fsp3) is 0.381. The first-order valence-electron chi connectivity index (χ1n) is 9.49. The molecular weight excluding hydrogens is 409 g/mol. The lowest BCUT2D eigenvalue weighted by molar-refractivity contribution is 0.0531. The highest BCUT2D eigenvalue weighted by Gasteiger charge is 2.27. The van der Waals surface area contributed by atoms with E-state index in [1.54, 1.807) is 50.1 Å².